The minimum Gasteiger partial charge on any atom is -0.258 e. The molecule has 0 saturated heterocycles. The lowest BCUT2D eigenvalue weighted by molar-refractivity contribution is -0.385. The summed E-state index contributed by atoms with van der Waals surface area (Å²) in [7, 11) is 0. The normalized spacial score (nSPS) is 11.4. The number of para-hydroxylation sites is 1. The second-order valence-corrected chi connectivity index (χ2v) is 11.7. The smallest absolute Gasteiger partial charge is 0.258 e. The fraction of sp³-hybridized carbons (Fsp3) is 0.250. The van der Waals surface area contributed by atoms with Crippen molar-refractivity contribution in [3.8, 4) is 16.4 Å². The van der Waals surface area contributed by atoms with E-state index in [2.05, 4.69) is 13.8 Å². The van der Waals surface area contributed by atoms with Crippen LogP contribution in [0.1, 0.15) is 36.4 Å². The number of nitrogens with zero attached hydrogens (tertiary/aromatic N) is 4. The van der Waals surface area contributed by atoms with Crippen molar-refractivity contribution in [2.75, 3.05) is 0 Å². The lowest BCUT2D eigenvalue weighted by Crippen LogP contribution is -2.00. The molecular weight excluding hydrogens is 511 g/mol. The van der Waals surface area contributed by atoms with Crippen molar-refractivity contribution in [2.45, 2.75) is 43.6 Å². The first-order valence-corrected chi connectivity index (χ1v) is 13.0. The quantitative estimate of drug-likeness (QED) is 0.137. The first-order chi connectivity index (χ1) is 16.2. The summed E-state index contributed by atoms with van der Waals surface area (Å²) < 4.78 is 2.89. The zero-order chi connectivity index (χ0) is 24.6. The van der Waals surface area contributed by atoms with Gasteiger partial charge in [0.2, 0.25) is 5.13 Å². The van der Waals surface area contributed by atoms with Gasteiger partial charge < -0.3 is 0 Å². The van der Waals surface area contributed by atoms with E-state index in [1.807, 2.05) is 36.7 Å². The Morgan fingerprint density at radius 3 is 2.56 bits per heavy atom. The van der Waals surface area contributed by atoms with Gasteiger partial charge in [0, 0.05) is 40.1 Å². The highest BCUT2D eigenvalue weighted by atomic mass is 35.5. The summed E-state index contributed by atoms with van der Waals surface area (Å²) in [5.74, 6) is 0. The molecule has 10 heteroatoms. The highest BCUT2D eigenvalue weighted by molar-refractivity contribution is 8.01. The molecule has 0 aliphatic heterocycles. The van der Waals surface area contributed by atoms with E-state index in [0.29, 0.717) is 27.3 Å². The summed E-state index contributed by atoms with van der Waals surface area (Å²) >= 11 is 15.7. The van der Waals surface area contributed by atoms with Crippen LogP contribution in [-0.2, 0) is 6.42 Å². The van der Waals surface area contributed by atoms with Crippen molar-refractivity contribution < 1.29 is 4.92 Å². The molecule has 4 rings (SSSR count). The van der Waals surface area contributed by atoms with Gasteiger partial charge in [0.25, 0.3) is 5.69 Å². The molecule has 176 valence electrons. The Bertz CT molecular complexity index is 1380. The zero-order valence-electron chi connectivity index (χ0n) is 19.0. The van der Waals surface area contributed by atoms with E-state index in [0.717, 1.165) is 37.5 Å². The number of thiazole rings is 1. The Morgan fingerprint density at radius 1 is 1.15 bits per heavy atom. The molecule has 4 aromatic rings. The standard InChI is InChI=1S/C24H22Cl2N4O2S2/c1-13(2)33-23-22(17-9-10-19(25)20(26)12-17)27-24(34-23)29-15(4)18(14(3)28-29)11-16-7-5-6-8-21(16)30(31)32/h5-10,12-13H,11H2,1-4H3. The predicted molar refractivity (Wildman–Crippen MR) is 141 cm³/mol. The topological polar surface area (TPSA) is 73.8 Å². The second kappa shape index (κ2) is 10.1. The summed E-state index contributed by atoms with van der Waals surface area (Å²) in [5, 5.41) is 18.3. The summed E-state index contributed by atoms with van der Waals surface area (Å²) in [6, 6.07) is 12.3. The number of aryl methyl sites for hydroxylation is 1. The second-order valence-electron chi connectivity index (χ2n) is 8.05. The molecule has 0 aliphatic rings. The maximum absolute atomic E-state index is 11.5. The fourth-order valence-electron chi connectivity index (χ4n) is 3.65. The number of nitro groups is 1. The van der Waals surface area contributed by atoms with Gasteiger partial charge in [0.05, 0.1) is 30.6 Å². The Labute approximate surface area is 216 Å². The van der Waals surface area contributed by atoms with Crippen LogP contribution in [0.15, 0.2) is 46.7 Å². The number of thioether (sulfide) groups is 1. The molecule has 6 nitrogen and oxygen atoms in total. The number of hydrogen-bond donors (Lipinski definition) is 0. The van der Waals surface area contributed by atoms with Crippen molar-refractivity contribution in [1.82, 2.24) is 14.8 Å². The first-order valence-electron chi connectivity index (χ1n) is 10.6. The van der Waals surface area contributed by atoms with E-state index in [9.17, 15) is 10.1 Å². The van der Waals surface area contributed by atoms with Crippen LogP contribution in [0.4, 0.5) is 5.69 Å². The van der Waals surface area contributed by atoms with Crippen LogP contribution in [-0.4, -0.2) is 24.9 Å². The number of rotatable bonds is 7. The third-order valence-corrected chi connectivity index (χ3v) is 8.28. The first kappa shape index (κ1) is 24.7. The summed E-state index contributed by atoms with van der Waals surface area (Å²) in [6.45, 7) is 8.16. The van der Waals surface area contributed by atoms with E-state index >= 15 is 0 Å². The minimum absolute atomic E-state index is 0.112. The van der Waals surface area contributed by atoms with Crippen molar-refractivity contribution in [1.29, 1.82) is 0 Å². The predicted octanol–water partition coefficient (Wildman–Crippen LogP) is 7.92. The third-order valence-electron chi connectivity index (χ3n) is 5.30. The van der Waals surface area contributed by atoms with E-state index in [4.69, 9.17) is 33.3 Å². The number of halogens is 2. The van der Waals surface area contributed by atoms with E-state index in [1.54, 1.807) is 41.3 Å². The van der Waals surface area contributed by atoms with Gasteiger partial charge in [-0.3, -0.25) is 10.1 Å². The molecule has 0 bridgehead atoms. The van der Waals surface area contributed by atoms with Gasteiger partial charge in [0.1, 0.15) is 0 Å². The Hall–Kier alpha value is -2.39. The van der Waals surface area contributed by atoms with Gasteiger partial charge in [-0.05, 0) is 26.0 Å². The number of hydrogen-bond acceptors (Lipinski definition) is 6. The van der Waals surface area contributed by atoms with Crippen LogP contribution < -0.4 is 0 Å². The van der Waals surface area contributed by atoms with Crippen molar-refractivity contribution in [2.24, 2.45) is 0 Å². The molecule has 0 unspecified atom stereocenters. The van der Waals surface area contributed by atoms with Crippen molar-refractivity contribution in [3.63, 3.8) is 0 Å². The van der Waals surface area contributed by atoms with E-state index in [-0.39, 0.29) is 10.6 Å². The van der Waals surface area contributed by atoms with Gasteiger partial charge in [-0.25, -0.2) is 9.67 Å². The largest absolute Gasteiger partial charge is 0.272 e. The zero-order valence-corrected chi connectivity index (χ0v) is 22.1. The average Bonchev–Trinajstić information content (AvgIpc) is 3.31. The molecule has 0 fully saturated rings. The van der Waals surface area contributed by atoms with Gasteiger partial charge in [-0.15, -0.1) is 11.8 Å². The fourth-order valence-corrected chi connectivity index (χ4v) is 6.47. The van der Waals surface area contributed by atoms with E-state index < -0.39 is 0 Å². The highest BCUT2D eigenvalue weighted by Crippen LogP contribution is 2.41. The molecule has 34 heavy (non-hydrogen) atoms. The van der Waals surface area contributed by atoms with Crippen LogP contribution in [0.3, 0.4) is 0 Å². The van der Waals surface area contributed by atoms with Gasteiger partial charge in [0.15, 0.2) is 0 Å². The number of benzene rings is 2. The van der Waals surface area contributed by atoms with Crippen molar-refractivity contribution >= 4 is 52.0 Å². The molecule has 0 saturated carbocycles. The molecule has 2 aromatic carbocycles. The maximum Gasteiger partial charge on any atom is 0.272 e. The third kappa shape index (κ3) is 5.00. The number of nitro benzene ring substituents is 1. The SMILES string of the molecule is Cc1nn(-c2nc(-c3ccc(Cl)c(Cl)c3)c(SC(C)C)s2)c(C)c1Cc1ccccc1[N+](=O)[O-]. The molecule has 0 amide bonds. The molecule has 2 heterocycles. The monoisotopic (exact) mass is 532 g/mol. The Morgan fingerprint density at radius 2 is 1.88 bits per heavy atom. The molecular formula is C24H22Cl2N4O2S2. The molecule has 0 radical (unpaired) electrons. The Kier molecular flexibility index (Phi) is 7.33. The molecule has 0 N–H and O–H groups in total. The lowest BCUT2D eigenvalue weighted by atomic mass is 10.0. The van der Waals surface area contributed by atoms with Gasteiger partial charge in [-0.2, -0.15) is 5.10 Å². The molecule has 0 aliphatic carbocycles. The summed E-state index contributed by atoms with van der Waals surface area (Å²) in [5.41, 5.74) is 5.18. The summed E-state index contributed by atoms with van der Waals surface area (Å²) in [6.07, 6.45) is 0.424. The molecule has 0 atom stereocenters. The summed E-state index contributed by atoms with van der Waals surface area (Å²) in [4.78, 5) is 16.1. The van der Waals surface area contributed by atoms with Gasteiger partial charge >= 0.3 is 0 Å². The average molecular weight is 534 g/mol. The van der Waals surface area contributed by atoms with Crippen LogP contribution in [0, 0.1) is 24.0 Å². The molecule has 0 spiro atoms. The van der Waals surface area contributed by atoms with E-state index in [1.165, 1.54) is 6.07 Å². The Balaban J connectivity index is 1.78. The number of aromatic nitrogens is 3. The van der Waals surface area contributed by atoms with Gasteiger partial charge in [-0.1, -0.05) is 72.7 Å². The van der Waals surface area contributed by atoms with Crippen LogP contribution in [0.2, 0.25) is 10.0 Å². The maximum atomic E-state index is 11.5. The minimum atomic E-state index is -0.343. The van der Waals surface area contributed by atoms with Crippen LogP contribution >= 0.6 is 46.3 Å². The van der Waals surface area contributed by atoms with Crippen molar-refractivity contribution in [3.05, 3.63) is 85.1 Å². The highest BCUT2D eigenvalue weighted by Gasteiger charge is 2.22. The lowest BCUT2D eigenvalue weighted by Gasteiger charge is -2.05. The molecule has 2 aromatic heterocycles. The van der Waals surface area contributed by atoms with Crippen LogP contribution in [0.5, 0.6) is 0 Å². The van der Waals surface area contributed by atoms with Crippen LogP contribution in [0.25, 0.3) is 16.4 Å².